The molecule has 1 fully saturated rings. The maximum atomic E-state index is 5.93. The number of nitrogens with one attached hydrogen (secondary N) is 1. The van der Waals surface area contributed by atoms with E-state index < -0.39 is 5.79 Å². The highest BCUT2D eigenvalue weighted by molar-refractivity contribution is 7.98. The Balaban J connectivity index is 1.49. The molecule has 4 heteroatoms. The summed E-state index contributed by atoms with van der Waals surface area (Å²) < 4.78 is 11.9. The Morgan fingerprint density at radius 3 is 2.54 bits per heavy atom. The van der Waals surface area contributed by atoms with E-state index in [4.69, 9.17) is 9.47 Å². The number of anilines is 1. The van der Waals surface area contributed by atoms with Gasteiger partial charge >= 0.3 is 0 Å². The quantitative estimate of drug-likeness (QED) is 0.837. The lowest BCUT2D eigenvalue weighted by molar-refractivity contribution is -0.266. The first-order chi connectivity index (χ1) is 11.6. The minimum absolute atomic E-state index is 0.0481. The highest BCUT2D eigenvalue weighted by atomic mass is 32.2. The number of hydrogen-bond donors (Lipinski definition) is 1. The molecular weight excluding hydrogens is 318 g/mol. The molecule has 0 atom stereocenters. The van der Waals surface area contributed by atoms with E-state index in [1.165, 1.54) is 21.7 Å². The SMILES string of the molecule is CC1(C)OCC2(CNc3cc(SCc4ccccc4)ccc32)CO1. The Hall–Kier alpha value is -1.49. The number of thioether (sulfide) groups is 1. The summed E-state index contributed by atoms with van der Waals surface area (Å²) in [4.78, 5) is 1.29. The van der Waals surface area contributed by atoms with Crippen LogP contribution in [0, 0.1) is 0 Å². The lowest BCUT2D eigenvalue weighted by Crippen LogP contribution is -2.50. The first-order valence-corrected chi connectivity index (χ1v) is 9.38. The summed E-state index contributed by atoms with van der Waals surface area (Å²) in [7, 11) is 0. The van der Waals surface area contributed by atoms with Crippen LogP contribution < -0.4 is 5.32 Å². The minimum Gasteiger partial charge on any atom is -0.384 e. The molecule has 0 unspecified atom stereocenters. The number of hydrogen-bond acceptors (Lipinski definition) is 4. The molecule has 2 heterocycles. The van der Waals surface area contributed by atoms with Gasteiger partial charge in [0.05, 0.1) is 18.6 Å². The molecule has 3 nitrogen and oxygen atoms in total. The van der Waals surface area contributed by atoms with Crippen molar-refractivity contribution in [3.05, 3.63) is 59.7 Å². The van der Waals surface area contributed by atoms with Crippen molar-refractivity contribution in [2.24, 2.45) is 0 Å². The van der Waals surface area contributed by atoms with E-state index in [0.29, 0.717) is 13.2 Å². The van der Waals surface area contributed by atoms with E-state index >= 15 is 0 Å². The van der Waals surface area contributed by atoms with Gasteiger partial charge in [0, 0.05) is 22.9 Å². The maximum absolute atomic E-state index is 5.93. The highest BCUT2D eigenvalue weighted by Crippen LogP contribution is 2.43. The summed E-state index contributed by atoms with van der Waals surface area (Å²) in [5.41, 5.74) is 3.85. The van der Waals surface area contributed by atoms with Crippen LogP contribution in [0.15, 0.2) is 53.4 Å². The predicted molar refractivity (Wildman–Crippen MR) is 98.6 cm³/mol. The zero-order valence-corrected chi connectivity index (χ0v) is 15.0. The van der Waals surface area contributed by atoms with Crippen LogP contribution in [0.2, 0.25) is 0 Å². The van der Waals surface area contributed by atoms with Crippen molar-refractivity contribution in [3.63, 3.8) is 0 Å². The summed E-state index contributed by atoms with van der Waals surface area (Å²) in [6.45, 7) is 6.25. The number of benzene rings is 2. The molecule has 0 radical (unpaired) electrons. The fraction of sp³-hybridized carbons (Fsp3) is 0.400. The molecule has 1 spiro atoms. The van der Waals surface area contributed by atoms with Gasteiger partial charge in [0.15, 0.2) is 5.79 Å². The summed E-state index contributed by atoms with van der Waals surface area (Å²) in [6, 6.07) is 17.3. The van der Waals surface area contributed by atoms with E-state index in [1.807, 2.05) is 25.6 Å². The molecule has 0 aromatic heterocycles. The van der Waals surface area contributed by atoms with Crippen molar-refractivity contribution >= 4 is 17.4 Å². The fourth-order valence-corrected chi connectivity index (χ4v) is 4.18. The summed E-state index contributed by atoms with van der Waals surface area (Å²) in [5, 5.41) is 3.55. The van der Waals surface area contributed by atoms with Gasteiger partial charge in [0.2, 0.25) is 0 Å². The molecule has 126 valence electrons. The largest absolute Gasteiger partial charge is 0.384 e. The van der Waals surface area contributed by atoms with E-state index in [2.05, 4.69) is 53.8 Å². The summed E-state index contributed by atoms with van der Waals surface area (Å²) in [5.74, 6) is 0.519. The molecule has 0 bridgehead atoms. The Bertz CT molecular complexity index is 720. The molecule has 4 rings (SSSR count). The smallest absolute Gasteiger partial charge is 0.162 e. The summed E-state index contributed by atoms with van der Waals surface area (Å²) in [6.07, 6.45) is 0. The fourth-order valence-electron chi connectivity index (χ4n) is 3.29. The average Bonchev–Trinajstić information content (AvgIpc) is 2.95. The topological polar surface area (TPSA) is 30.5 Å². The Labute approximate surface area is 147 Å². The van der Waals surface area contributed by atoms with Gasteiger partial charge < -0.3 is 14.8 Å². The first kappa shape index (κ1) is 16.0. The maximum Gasteiger partial charge on any atom is 0.162 e. The highest BCUT2D eigenvalue weighted by Gasteiger charge is 2.45. The molecule has 1 N–H and O–H groups in total. The third kappa shape index (κ3) is 3.06. The van der Waals surface area contributed by atoms with E-state index in [-0.39, 0.29) is 5.41 Å². The molecule has 2 aliphatic heterocycles. The van der Waals surface area contributed by atoms with Gasteiger partial charge in [-0.05, 0) is 37.1 Å². The third-order valence-electron chi connectivity index (χ3n) is 4.82. The third-order valence-corrected chi connectivity index (χ3v) is 5.89. The van der Waals surface area contributed by atoms with Gasteiger partial charge in [-0.3, -0.25) is 0 Å². The standard InChI is InChI=1S/C20H23NO2S/c1-19(2)22-13-20(14-23-19)12-21-18-10-16(8-9-17(18)20)24-11-15-6-4-3-5-7-15/h3-10,21H,11-14H2,1-2H3. The van der Waals surface area contributed by atoms with Gasteiger partial charge in [0.25, 0.3) is 0 Å². The zero-order chi connectivity index (χ0) is 16.6. The number of fused-ring (bicyclic) bond motifs is 2. The van der Waals surface area contributed by atoms with Crippen LogP contribution in [-0.4, -0.2) is 25.5 Å². The molecule has 24 heavy (non-hydrogen) atoms. The molecule has 1 saturated heterocycles. The minimum atomic E-state index is -0.473. The molecule has 0 saturated carbocycles. The lowest BCUT2D eigenvalue weighted by Gasteiger charge is -2.41. The van der Waals surface area contributed by atoms with Gasteiger partial charge in [-0.25, -0.2) is 0 Å². The Morgan fingerprint density at radius 1 is 1.04 bits per heavy atom. The van der Waals surface area contributed by atoms with Gasteiger partial charge in [-0.2, -0.15) is 0 Å². The van der Waals surface area contributed by atoms with Crippen molar-refractivity contribution in [2.45, 2.75) is 35.7 Å². The first-order valence-electron chi connectivity index (χ1n) is 8.39. The molecule has 0 amide bonds. The van der Waals surface area contributed by atoms with E-state index in [1.54, 1.807) is 0 Å². The molecule has 2 aliphatic rings. The lowest BCUT2D eigenvalue weighted by atomic mass is 9.83. The van der Waals surface area contributed by atoms with Crippen molar-refractivity contribution in [1.82, 2.24) is 0 Å². The van der Waals surface area contributed by atoms with Crippen LogP contribution in [0.4, 0.5) is 5.69 Å². The van der Waals surface area contributed by atoms with E-state index in [9.17, 15) is 0 Å². The normalized spacial score (nSPS) is 20.6. The molecule has 0 aliphatic carbocycles. The van der Waals surface area contributed by atoms with Crippen LogP contribution in [0.1, 0.15) is 25.0 Å². The second-order valence-corrected chi connectivity index (χ2v) is 8.14. The Kier molecular flexibility index (Phi) is 4.07. The zero-order valence-electron chi connectivity index (χ0n) is 14.2. The number of ether oxygens (including phenoxy) is 2. The number of rotatable bonds is 3. The van der Waals surface area contributed by atoms with Gasteiger partial charge in [-0.15, -0.1) is 11.8 Å². The average molecular weight is 341 g/mol. The van der Waals surface area contributed by atoms with Crippen molar-refractivity contribution in [1.29, 1.82) is 0 Å². The van der Waals surface area contributed by atoms with Crippen molar-refractivity contribution < 1.29 is 9.47 Å². The molecule has 2 aromatic rings. The Morgan fingerprint density at radius 2 is 1.79 bits per heavy atom. The molecule has 2 aromatic carbocycles. The second-order valence-electron chi connectivity index (χ2n) is 7.09. The van der Waals surface area contributed by atoms with Crippen LogP contribution in [0.25, 0.3) is 0 Å². The predicted octanol–water partition coefficient (Wildman–Crippen LogP) is 4.43. The van der Waals surface area contributed by atoms with Crippen LogP contribution in [0.5, 0.6) is 0 Å². The summed E-state index contributed by atoms with van der Waals surface area (Å²) >= 11 is 1.87. The van der Waals surface area contributed by atoms with Crippen LogP contribution in [0.3, 0.4) is 0 Å². The monoisotopic (exact) mass is 341 g/mol. The van der Waals surface area contributed by atoms with Crippen LogP contribution >= 0.6 is 11.8 Å². The van der Waals surface area contributed by atoms with E-state index in [0.717, 1.165) is 12.3 Å². The van der Waals surface area contributed by atoms with Gasteiger partial charge in [-0.1, -0.05) is 36.4 Å². The van der Waals surface area contributed by atoms with Crippen molar-refractivity contribution in [2.75, 3.05) is 25.1 Å². The molecular formula is C20H23NO2S. The van der Waals surface area contributed by atoms with Crippen LogP contribution in [-0.2, 0) is 20.6 Å². The van der Waals surface area contributed by atoms with Gasteiger partial charge in [0.1, 0.15) is 0 Å². The van der Waals surface area contributed by atoms with Crippen molar-refractivity contribution in [3.8, 4) is 0 Å². The second kappa shape index (κ2) is 6.10.